The molecule has 1 aliphatic heterocycles. The van der Waals surface area contributed by atoms with E-state index in [4.69, 9.17) is 4.74 Å². The van der Waals surface area contributed by atoms with E-state index < -0.39 is 0 Å². The standard InChI is InChI=1S/C24H31IN2O/c1-17(2)20-6-4-5-7-22(20)23-16-26(12-13-27(23)25)15-18-8-11-21(19-9-10-19)24(14-18)28-3/h4-8,11,14,17,19,23H,9-10,12-13,15-16H2,1-3H3. The van der Waals surface area contributed by atoms with Crippen molar-refractivity contribution in [3.63, 3.8) is 0 Å². The molecule has 1 saturated carbocycles. The molecule has 2 aliphatic rings. The number of rotatable bonds is 6. The van der Waals surface area contributed by atoms with Crippen molar-refractivity contribution >= 4 is 22.9 Å². The SMILES string of the molecule is COc1cc(CN2CCN(I)C(c3ccccc3C(C)C)C2)ccc1C1CC1. The van der Waals surface area contributed by atoms with E-state index >= 15 is 0 Å². The highest BCUT2D eigenvalue weighted by atomic mass is 127. The number of piperazine rings is 1. The lowest BCUT2D eigenvalue weighted by Gasteiger charge is -2.39. The second-order valence-corrected chi connectivity index (χ2v) is 9.75. The molecule has 0 N–H and O–H groups in total. The Labute approximate surface area is 183 Å². The van der Waals surface area contributed by atoms with E-state index in [2.05, 4.69) is 87.2 Å². The highest BCUT2D eigenvalue weighted by molar-refractivity contribution is 14.1. The van der Waals surface area contributed by atoms with Crippen molar-refractivity contribution in [1.29, 1.82) is 0 Å². The van der Waals surface area contributed by atoms with E-state index in [-0.39, 0.29) is 0 Å². The van der Waals surface area contributed by atoms with Crippen LogP contribution in [-0.4, -0.2) is 34.8 Å². The molecule has 3 nitrogen and oxygen atoms in total. The molecule has 1 saturated heterocycles. The average molecular weight is 490 g/mol. The van der Waals surface area contributed by atoms with Crippen LogP contribution in [0.5, 0.6) is 5.75 Å². The first-order valence-corrected chi connectivity index (χ1v) is 11.4. The molecule has 28 heavy (non-hydrogen) atoms. The molecule has 0 radical (unpaired) electrons. The largest absolute Gasteiger partial charge is 0.496 e. The second-order valence-electron chi connectivity index (χ2n) is 8.51. The Hall–Kier alpha value is -1.11. The summed E-state index contributed by atoms with van der Waals surface area (Å²) in [6, 6.07) is 16.3. The van der Waals surface area contributed by atoms with E-state index in [9.17, 15) is 0 Å². The molecule has 2 aromatic carbocycles. The van der Waals surface area contributed by atoms with Gasteiger partial charge in [0, 0.05) is 49.0 Å². The molecule has 0 spiro atoms. The number of ether oxygens (including phenoxy) is 1. The number of methoxy groups -OCH3 is 1. The van der Waals surface area contributed by atoms with E-state index in [1.165, 1.54) is 35.1 Å². The predicted molar refractivity (Wildman–Crippen MR) is 124 cm³/mol. The van der Waals surface area contributed by atoms with Gasteiger partial charge in [0.1, 0.15) is 5.75 Å². The van der Waals surface area contributed by atoms with Gasteiger partial charge >= 0.3 is 0 Å². The molecule has 0 bridgehead atoms. The fraction of sp³-hybridized carbons (Fsp3) is 0.500. The van der Waals surface area contributed by atoms with Crippen molar-refractivity contribution in [1.82, 2.24) is 8.01 Å². The zero-order chi connectivity index (χ0) is 19.7. The maximum Gasteiger partial charge on any atom is 0.122 e. The fourth-order valence-electron chi connectivity index (χ4n) is 4.39. The van der Waals surface area contributed by atoms with Crippen LogP contribution in [0.25, 0.3) is 0 Å². The van der Waals surface area contributed by atoms with Gasteiger partial charge in [-0.05, 0) is 53.0 Å². The Morgan fingerprint density at radius 1 is 1.07 bits per heavy atom. The van der Waals surface area contributed by atoms with Crippen LogP contribution >= 0.6 is 22.9 Å². The van der Waals surface area contributed by atoms with Crippen molar-refractivity contribution in [2.24, 2.45) is 0 Å². The van der Waals surface area contributed by atoms with E-state index in [0.29, 0.717) is 12.0 Å². The molecule has 150 valence electrons. The average Bonchev–Trinajstić information content (AvgIpc) is 3.54. The van der Waals surface area contributed by atoms with Gasteiger partial charge < -0.3 is 4.74 Å². The topological polar surface area (TPSA) is 15.7 Å². The third-order valence-electron chi connectivity index (χ3n) is 6.10. The summed E-state index contributed by atoms with van der Waals surface area (Å²) in [5.41, 5.74) is 5.72. The first-order chi connectivity index (χ1) is 13.6. The molecule has 0 aromatic heterocycles. The molecule has 1 aliphatic carbocycles. The predicted octanol–water partition coefficient (Wildman–Crippen LogP) is 5.90. The molecule has 1 atom stereocenters. The summed E-state index contributed by atoms with van der Waals surface area (Å²) in [6.45, 7) is 8.85. The van der Waals surface area contributed by atoms with Gasteiger partial charge in [0.15, 0.2) is 0 Å². The molecular formula is C24H31IN2O. The lowest BCUT2D eigenvalue weighted by Crippen LogP contribution is -2.44. The van der Waals surface area contributed by atoms with Crippen molar-refractivity contribution in [2.75, 3.05) is 26.7 Å². The summed E-state index contributed by atoms with van der Waals surface area (Å²) in [7, 11) is 1.80. The molecular weight excluding hydrogens is 459 g/mol. The van der Waals surface area contributed by atoms with Crippen molar-refractivity contribution < 1.29 is 4.74 Å². The maximum atomic E-state index is 5.70. The number of hydrogen-bond acceptors (Lipinski definition) is 3. The molecule has 4 rings (SSSR count). The zero-order valence-corrected chi connectivity index (χ0v) is 19.4. The summed E-state index contributed by atoms with van der Waals surface area (Å²) in [4.78, 5) is 2.60. The van der Waals surface area contributed by atoms with Crippen LogP contribution in [0.4, 0.5) is 0 Å². The van der Waals surface area contributed by atoms with Crippen molar-refractivity contribution in [3.8, 4) is 5.75 Å². The van der Waals surface area contributed by atoms with E-state index in [1.54, 1.807) is 7.11 Å². The Balaban J connectivity index is 1.51. The van der Waals surface area contributed by atoms with Crippen LogP contribution in [0.1, 0.15) is 66.8 Å². The first-order valence-electron chi connectivity index (χ1n) is 10.5. The number of nitrogens with zero attached hydrogens (tertiary/aromatic N) is 2. The lowest BCUT2D eigenvalue weighted by atomic mass is 9.91. The van der Waals surface area contributed by atoms with Gasteiger partial charge in [-0.1, -0.05) is 50.2 Å². The molecule has 1 unspecified atom stereocenters. The van der Waals surface area contributed by atoms with Crippen molar-refractivity contribution in [2.45, 2.75) is 51.1 Å². The van der Waals surface area contributed by atoms with E-state index in [0.717, 1.165) is 37.8 Å². The van der Waals surface area contributed by atoms with Gasteiger partial charge in [-0.2, -0.15) is 0 Å². The van der Waals surface area contributed by atoms with Gasteiger partial charge in [-0.15, -0.1) is 0 Å². The molecule has 4 heteroatoms. The minimum atomic E-state index is 0.445. The normalized spacial score (nSPS) is 21.2. The van der Waals surface area contributed by atoms with Gasteiger partial charge in [0.05, 0.1) is 13.2 Å². The van der Waals surface area contributed by atoms with Crippen molar-refractivity contribution in [3.05, 3.63) is 64.7 Å². The van der Waals surface area contributed by atoms with Crippen LogP contribution in [-0.2, 0) is 6.54 Å². The van der Waals surface area contributed by atoms with E-state index in [1.807, 2.05) is 0 Å². The van der Waals surface area contributed by atoms with Crippen LogP contribution < -0.4 is 4.74 Å². The van der Waals surface area contributed by atoms with Gasteiger partial charge in [0.2, 0.25) is 0 Å². The number of hydrogen-bond donors (Lipinski definition) is 0. The Morgan fingerprint density at radius 2 is 1.86 bits per heavy atom. The minimum absolute atomic E-state index is 0.445. The van der Waals surface area contributed by atoms with Gasteiger partial charge in [-0.3, -0.25) is 4.90 Å². The summed E-state index contributed by atoms with van der Waals surface area (Å²) in [5.74, 6) is 2.35. The Kier molecular flexibility index (Phi) is 6.28. The Bertz CT molecular complexity index is 818. The van der Waals surface area contributed by atoms with Crippen LogP contribution in [0.3, 0.4) is 0 Å². The van der Waals surface area contributed by atoms with Crippen LogP contribution in [0.2, 0.25) is 0 Å². The fourth-order valence-corrected chi connectivity index (χ4v) is 5.09. The summed E-state index contributed by atoms with van der Waals surface area (Å²) >= 11 is 2.52. The second kappa shape index (κ2) is 8.72. The minimum Gasteiger partial charge on any atom is -0.496 e. The lowest BCUT2D eigenvalue weighted by molar-refractivity contribution is 0.148. The zero-order valence-electron chi connectivity index (χ0n) is 17.2. The van der Waals surface area contributed by atoms with Gasteiger partial charge in [0.25, 0.3) is 0 Å². The van der Waals surface area contributed by atoms with Gasteiger partial charge in [-0.25, -0.2) is 3.11 Å². The third kappa shape index (κ3) is 4.39. The molecule has 2 aromatic rings. The summed E-state index contributed by atoms with van der Waals surface area (Å²) in [6.07, 6.45) is 2.62. The van der Waals surface area contributed by atoms with Crippen LogP contribution in [0.15, 0.2) is 42.5 Å². The smallest absolute Gasteiger partial charge is 0.122 e. The highest BCUT2D eigenvalue weighted by Crippen LogP contribution is 2.44. The third-order valence-corrected chi connectivity index (χ3v) is 7.25. The first kappa shape index (κ1) is 20.2. The number of halogens is 1. The Morgan fingerprint density at radius 3 is 2.57 bits per heavy atom. The number of benzene rings is 2. The summed E-state index contributed by atoms with van der Waals surface area (Å²) in [5, 5.41) is 0. The van der Waals surface area contributed by atoms with Crippen LogP contribution in [0, 0.1) is 0 Å². The molecule has 1 heterocycles. The maximum absolute atomic E-state index is 5.70. The molecule has 2 fully saturated rings. The quantitative estimate of drug-likeness (QED) is 0.370. The monoisotopic (exact) mass is 490 g/mol. The highest BCUT2D eigenvalue weighted by Gasteiger charge is 2.30. The summed E-state index contributed by atoms with van der Waals surface area (Å²) < 4.78 is 8.19. The molecule has 0 amide bonds.